The van der Waals surface area contributed by atoms with Crippen molar-refractivity contribution in [1.29, 1.82) is 0 Å². The summed E-state index contributed by atoms with van der Waals surface area (Å²) in [5.41, 5.74) is -0.480. The zero-order valence-electron chi connectivity index (χ0n) is 19.8. The normalized spacial score (nSPS) is 17.2. The summed E-state index contributed by atoms with van der Waals surface area (Å²) < 4.78 is 60.1. The molecule has 2 aromatic carbocycles. The van der Waals surface area contributed by atoms with Crippen molar-refractivity contribution in [2.75, 3.05) is 6.54 Å². The highest BCUT2D eigenvalue weighted by Crippen LogP contribution is 2.39. The highest BCUT2D eigenvalue weighted by molar-refractivity contribution is 6.56. The minimum absolute atomic E-state index is 0.0400. The molecule has 0 bridgehead atoms. The van der Waals surface area contributed by atoms with Gasteiger partial charge in [-0.1, -0.05) is 36.4 Å². The standard InChI is InChI=1S/C24H27BF3NO6/c1-22(2)23(3,4)35-25(34-22)18(14-29-21(31)32-15-16-8-6-5-7-9-16)12-17-13-19(30)10-11-20(17)33-24(26,27)28/h5-13,30H,14-15H2,1-4H3,(H,29,31). The van der Waals surface area contributed by atoms with Crippen LogP contribution in [-0.2, 0) is 20.7 Å². The van der Waals surface area contributed by atoms with Crippen molar-refractivity contribution in [3.05, 3.63) is 65.1 Å². The van der Waals surface area contributed by atoms with E-state index in [1.165, 1.54) is 6.08 Å². The highest BCUT2D eigenvalue weighted by atomic mass is 19.4. The van der Waals surface area contributed by atoms with Crippen LogP contribution in [0.1, 0.15) is 38.8 Å². The lowest BCUT2D eigenvalue weighted by atomic mass is 9.77. The Bertz CT molecular complexity index is 1060. The van der Waals surface area contributed by atoms with E-state index in [2.05, 4.69) is 10.1 Å². The molecule has 1 fully saturated rings. The second kappa shape index (κ2) is 10.2. The number of phenols is 1. The number of alkyl halides is 3. The maximum Gasteiger partial charge on any atom is 0.573 e. The Labute approximate surface area is 202 Å². The molecule has 0 atom stereocenters. The van der Waals surface area contributed by atoms with E-state index < -0.39 is 36.5 Å². The predicted octanol–water partition coefficient (Wildman–Crippen LogP) is 5.23. The Hall–Kier alpha value is -3.18. The molecule has 11 heteroatoms. The minimum atomic E-state index is -4.94. The Morgan fingerprint density at radius 2 is 1.71 bits per heavy atom. The Morgan fingerprint density at radius 1 is 1.09 bits per heavy atom. The first-order valence-corrected chi connectivity index (χ1v) is 10.9. The summed E-state index contributed by atoms with van der Waals surface area (Å²) in [6, 6.07) is 12.2. The van der Waals surface area contributed by atoms with Crippen molar-refractivity contribution in [3.63, 3.8) is 0 Å². The molecule has 1 saturated heterocycles. The van der Waals surface area contributed by atoms with Crippen LogP contribution in [0.25, 0.3) is 6.08 Å². The van der Waals surface area contributed by atoms with E-state index in [0.29, 0.717) is 0 Å². The molecule has 1 amide bonds. The monoisotopic (exact) mass is 493 g/mol. The summed E-state index contributed by atoms with van der Waals surface area (Å²) in [4.78, 5) is 12.3. The molecular weight excluding hydrogens is 466 g/mol. The van der Waals surface area contributed by atoms with Crippen molar-refractivity contribution < 1.29 is 41.9 Å². The molecular formula is C24H27BF3NO6. The first-order valence-electron chi connectivity index (χ1n) is 10.9. The van der Waals surface area contributed by atoms with Gasteiger partial charge < -0.3 is 29.2 Å². The van der Waals surface area contributed by atoms with Crippen LogP contribution in [0, 0.1) is 0 Å². The molecule has 0 saturated carbocycles. The number of carbonyl (C=O) groups is 1. The number of aromatic hydroxyl groups is 1. The molecule has 1 aliphatic rings. The molecule has 0 aliphatic carbocycles. The summed E-state index contributed by atoms with van der Waals surface area (Å²) in [5.74, 6) is -0.801. The van der Waals surface area contributed by atoms with Crippen molar-refractivity contribution in [1.82, 2.24) is 5.32 Å². The number of nitrogens with one attached hydrogen (secondary N) is 1. The van der Waals surface area contributed by atoms with Gasteiger partial charge in [0.1, 0.15) is 18.1 Å². The molecule has 2 N–H and O–H groups in total. The van der Waals surface area contributed by atoms with E-state index in [1.807, 2.05) is 45.9 Å². The molecule has 0 spiro atoms. The van der Waals surface area contributed by atoms with Crippen molar-refractivity contribution in [2.24, 2.45) is 0 Å². The molecule has 0 radical (unpaired) electrons. The third kappa shape index (κ3) is 7.16. The minimum Gasteiger partial charge on any atom is -0.508 e. The number of ether oxygens (including phenoxy) is 2. The van der Waals surface area contributed by atoms with Gasteiger partial charge in [-0.05, 0) is 56.9 Å². The fraction of sp³-hybridized carbons (Fsp3) is 0.375. The van der Waals surface area contributed by atoms with Gasteiger partial charge in [-0.15, -0.1) is 13.2 Å². The number of hydrogen-bond acceptors (Lipinski definition) is 6. The molecule has 35 heavy (non-hydrogen) atoms. The largest absolute Gasteiger partial charge is 0.573 e. The molecule has 0 aromatic heterocycles. The Kier molecular flexibility index (Phi) is 7.71. The van der Waals surface area contributed by atoms with Crippen LogP contribution in [0.2, 0.25) is 0 Å². The molecule has 2 aromatic rings. The molecule has 1 aliphatic heterocycles. The number of hydrogen-bond donors (Lipinski definition) is 2. The lowest BCUT2D eigenvalue weighted by molar-refractivity contribution is -0.274. The first kappa shape index (κ1) is 26.4. The second-order valence-electron chi connectivity index (χ2n) is 8.99. The van der Waals surface area contributed by atoms with E-state index in [4.69, 9.17) is 14.0 Å². The maximum atomic E-state index is 12.9. The van der Waals surface area contributed by atoms with Crippen LogP contribution in [-0.4, -0.2) is 42.4 Å². The summed E-state index contributed by atoms with van der Waals surface area (Å²) >= 11 is 0. The quantitative estimate of drug-likeness (QED) is 0.514. The Morgan fingerprint density at radius 3 is 2.31 bits per heavy atom. The van der Waals surface area contributed by atoms with Crippen molar-refractivity contribution >= 4 is 19.3 Å². The van der Waals surface area contributed by atoms with Crippen LogP contribution in [0.5, 0.6) is 11.5 Å². The molecule has 3 rings (SSSR count). The van der Waals surface area contributed by atoms with Crippen LogP contribution < -0.4 is 10.1 Å². The van der Waals surface area contributed by atoms with Gasteiger partial charge in [-0.25, -0.2) is 4.79 Å². The topological polar surface area (TPSA) is 86.2 Å². The number of rotatable bonds is 7. The van der Waals surface area contributed by atoms with Gasteiger partial charge in [0.15, 0.2) is 0 Å². The molecule has 188 valence electrons. The highest BCUT2D eigenvalue weighted by Gasteiger charge is 2.52. The zero-order valence-corrected chi connectivity index (χ0v) is 19.8. The average molecular weight is 493 g/mol. The van der Waals surface area contributed by atoms with Gasteiger partial charge in [0.2, 0.25) is 0 Å². The average Bonchev–Trinajstić information content (AvgIpc) is 2.98. The number of carbonyl (C=O) groups excluding carboxylic acids is 1. The van der Waals surface area contributed by atoms with Crippen LogP contribution >= 0.6 is 0 Å². The predicted molar refractivity (Wildman–Crippen MR) is 123 cm³/mol. The van der Waals surface area contributed by atoms with Crippen molar-refractivity contribution in [2.45, 2.75) is 51.9 Å². The molecule has 1 heterocycles. The van der Waals surface area contributed by atoms with Gasteiger partial charge in [-0.2, -0.15) is 0 Å². The van der Waals surface area contributed by atoms with E-state index >= 15 is 0 Å². The van der Waals surface area contributed by atoms with Gasteiger partial charge in [0.25, 0.3) is 0 Å². The Balaban J connectivity index is 1.85. The maximum absolute atomic E-state index is 12.9. The van der Waals surface area contributed by atoms with Crippen LogP contribution in [0.15, 0.2) is 54.0 Å². The second-order valence-corrected chi connectivity index (χ2v) is 8.99. The van der Waals surface area contributed by atoms with Gasteiger partial charge >= 0.3 is 19.6 Å². The SMILES string of the molecule is CC1(C)OB(C(=Cc2cc(O)ccc2OC(F)(F)F)CNC(=O)OCc2ccccc2)OC1(C)C. The van der Waals surface area contributed by atoms with E-state index in [-0.39, 0.29) is 29.9 Å². The fourth-order valence-corrected chi connectivity index (χ4v) is 3.21. The lowest BCUT2D eigenvalue weighted by Crippen LogP contribution is -2.41. The van der Waals surface area contributed by atoms with E-state index in [9.17, 15) is 23.1 Å². The van der Waals surface area contributed by atoms with Crippen LogP contribution in [0.4, 0.5) is 18.0 Å². The number of amides is 1. The van der Waals surface area contributed by atoms with Gasteiger partial charge in [-0.3, -0.25) is 0 Å². The summed E-state index contributed by atoms with van der Waals surface area (Å²) in [6.07, 6.45) is -4.36. The first-order chi connectivity index (χ1) is 16.3. The van der Waals surface area contributed by atoms with E-state index in [1.54, 1.807) is 12.1 Å². The molecule has 7 nitrogen and oxygen atoms in total. The summed E-state index contributed by atoms with van der Waals surface area (Å²) in [7, 11) is -0.990. The number of halogens is 3. The fourth-order valence-electron chi connectivity index (χ4n) is 3.21. The third-order valence-electron chi connectivity index (χ3n) is 5.77. The summed E-state index contributed by atoms with van der Waals surface area (Å²) in [5, 5.41) is 12.4. The number of phenolic OH excluding ortho intramolecular Hbond substituents is 1. The van der Waals surface area contributed by atoms with Gasteiger partial charge in [0, 0.05) is 12.1 Å². The number of alkyl carbamates (subject to hydrolysis) is 1. The van der Waals surface area contributed by atoms with Crippen molar-refractivity contribution in [3.8, 4) is 11.5 Å². The lowest BCUT2D eigenvalue weighted by Gasteiger charge is -2.32. The van der Waals surface area contributed by atoms with Crippen LogP contribution in [0.3, 0.4) is 0 Å². The summed E-state index contributed by atoms with van der Waals surface area (Å²) in [6.45, 7) is 7.15. The van der Waals surface area contributed by atoms with E-state index in [0.717, 1.165) is 23.8 Å². The van der Waals surface area contributed by atoms with Gasteiger partial charge in [0.05, 0.1) is 11.2 Å². The molecule has 0 unspecified atom stereocenters. The smallest absolute Gasteiger partial charge is 0.508 e. The number of benzene rings is 2. The zero-order chi connectivity index (χ0) is 25.9. The third-order valence-corrected chi connectivity index (χ3v) is 5.77.